The number of carboxylic acids is 1. The summed E-state index contributed by atoms with van der Waals surface area (Å²) in [6, 6.07) is 7.88. The molecule has 2 rings (SSSR count). The number of hydrogen-bond acceptors (Lipinski definition) is 2. The van der Waals surface area contributed by atoms with Gasteiger partial charge in [0.05, 0.1) is 5.92 Å². The van der Waals surface area contributed by atoms with Crippen molar-refractivity contribution in [3.05, 3.63) is 35.4 Å². The summed E-state index contributed by atoms with van der Waals surface area (Å²) in [7, 11) is 0. The van der Waals surface area contributed by atoms with Crippen molar-refractivity contribution in [2.75, 3.05) is 6.54 Å². The van der Waals surface area contributed by atoms with E-state index in [1.165, 1.54) is 5.56 Å². The van der Waals surface area contributed by atoms with Gasteiger partial charge >= 0.3 is 5.97 Å². The van der Waals surface area contributed by atoms with Crippen molar-refractivity contribution in [2.45, 2.75) is 31.1 Å². The lowest BCUT2D eigenvalue weighted by Crippen LogP contribution is -2.22. The van der Waals surface area contributed by atoms with E-state index in [-0.39, 0.29) is 5.92 Å². The zero-order valence-electron chi connectivity index (χ0n) is 9.23. The molecule has 86 valence electrons. The molecule has 3 nitrogen and oxygen atoms in total. The highest BCUT2D eigenvalue weighted by molar-refractivity contribution is 5.77. The maximum atomic E-state index is 11.2. The smallest absolute Gasteiger partial charge is 0.310 e. The van der Waals surface area contributed by atoms with Crippen molar-refractivity contribution >= 4 is 5.97 Å². The molecular formula is C13H17NO2. The number of carbonyl (C=O) groups is 1. The molecule has 2 unspecified atom stereocenters. The zero-order chi connectivity index (χ0) is 11.5. The molecule has 0 bridgehead atoms. The molecule has 0 radical (unpaired) electrons. The molecule has 3 heteroatoms. The van der Waals surface area contributed by atoms with E-state index >= 15 is 0 Å². The number of hydrogen-bond donors (Lipinski definition) is 2. The van der Waals surface area contributed by atoms with Crippen molar-refractivity contribution in [1.82, 2.24) is 0 Å². The number of fused-ring (bicyclic) bond motifs is 1. The number of aliphatic carboxylic acids is 1. The minimum absolute atomic E-state index is 0.328. The molecule has 2 atom stereocenters. The molecular weight excluding hydrogens is 202 g/mol. The second-order valence-corrected chi connectivity index (χ2v) is 4.37. The maximum Gasteiger partial charge on any atom is 0.310 e. The first-order valence-corrected chi connectivity index (χ1v) is 5.75. The maximum absolute atomic E-state index is 11.2. The highest BCUT2D eigenvalue weighted by Crippen LogP contribution is 2.40. The molecule has 0 amide bonds. The Labute approximate surface area is 95.3 Å². The van der Waals surface area contributed by atoms with Gasteiger partial charge in [-0.05, 0) is 42.9 Å². The quantitative estimate of drug-likeness (QED) is 0.818. The highest BCUT2D eigenvalue weighted by Gasteiger charge is 2.30. The lowest BCUT2D eigenvalue weighted by atomic mass is 9.75. The van der Waals surface area contributed by atoms with Crippen molar-refractivity contribution in [3.8, 4) is 0 Å². The summed E-state index contributed by atoms with van der Waals surface area (Å²) in [5.41, 5.74) is 7.77. The first-order valence-electron chi connectivity index (χ1n) is 5.75. The van der Waals surface area contributed by atoms with Crippen LogP contribution in [0.15, 0.2) is 24.3 Å². The van der Waals surface area contributed by atoms with Crippen LogP contribution in [0.5, 0.6) is 0 Å². The average molecular weight is 219 g/mol. The van der Waals surface area contributed by atoms with Crippen LogP contribution in [0.4, 0.5) is 0 Å². The van der Waals surface area contributed by atoms with E-state index in [2.05, 4.69) is 0 Å². The molecule has 1 aliphatic carbocycles. The van der Waals surface area contributed by atoms with Crippen molar-refractivity contribution in [3.63, 3.8) is 0 Å². The van der Waals surface area contributed by atoms with Gasteiger partial charge in [0.1, 0.15) is 0 Å². The SMILES string of the molecule is NCCC1CCC(C(=O)O)c2ccccc21. The van der Waals surface area contributed by atoms with Crippen molar-refractivity contribution < 1.29 is 9.90 Å². The van der Waals surface area contributed by atoms with Gasteiger partial charge in [0, 0.05) is 0 Å². The molecule has 0 spiro atoms. The second kappa shape index (κ2) is 4.66. The summed E-state index contributed by atoms with van der Waals surface area (Å²) in [5.74, 6) is -0.597. The third-order valence-corrected chi connectivity index (χ3v) is 3.43. The fraction of sp³-hybridized carbons (Fsp3) is 0.462. The third-order valence-electron chi connectivity index (χ3n) is 3.43. The van der Waals surface area contributed by atoms with Gasteiger partial charge in [-0.25, -0.2) is 0 Å². The number of benzene rings is 1. The Hall–Kier alpha value is -1.35. The summed E-state index contributed by atoms with van der Waals surface area (Å²) in [4.78, 5) is 11.2. The van der Waals surface area contributed by atoms with Crippen LogP contribution in [0.25, 0.3) is 0 Å². The van der Waals surface area contributed by atoms with Crippen LogP contribution in [0.1, 0.15) is 42.2 Å². The monoisotopic (exact) mass is 219 g/mol. The molecule has 0 heterocycles. The Kier molecular flexibility index (Phi) is 3.25. The van der Waals surface area contributed by atoms with Crippen LogP contribution < -0.4 is 5.73 Å². The van der Waals surface area contributed by atoms with Gasteiger partial charge in [-0.1, -0.05) is 24.3 Å². The van der Waals surface area contributed by atoms with Crippen LogP contribution >= 0.6 is 0 Å². The Balaban J connectivity index is 2.36. The van der Waals surface area contributed by atoms with E-state index in [0.717, 1.165) is 24.8 Å². The van der Waals surface area contributed by atoms with Crippen LogP contribution in [-0.2, 0) is 4.79 Å². The molecule has 0 saturated heterocycles. The molecule has 0 aromatic heterocycles. The Morgan fingerprint density at radius 2 is 2.00 bits per heavy atom. The lowest BCUT2D eigenvalue weighted by Gasteiger charge is -2.29. The number of nitrogens with two attached hydrogens (primary N) is 1. The number of carboxylic acid groups (broad SMARTS) is 1. The summed E-state index contributed by atoms with van der Waals surface area (Å²) in [6.07, 6.45) is 2.62. The Bertz CT molecular complexity index is 389. The van der Waals surface area contributed by atoms with Gasteiger partial charge in [-0.15, -0.1) is 0 Å². The summed E-state index contributed by atoms with van der Waals surface area (Å²) >= 11 is 0. The van der Waals surface area contributed by atoms with Crippen LogP contribution in [0.3, 0.4) is 0 Å². The van der Waals surface area contributed by atoms with Gasteiger partial charge < -0.3 is 10.8 Å². The highest BCUT2D eigenvalue weighted by atomic mass is 16.4. The van der Waals surface area contributed by atoms with Gasteiger partial charge in [-0.3, -0.25) is 4.79 Å². The standard InChI is InChI=1S/C13H17NO2/c14-8-7-9-5-6-12(13(15)16)11-4-2-1-3-10(9)11/h1-4,9,12H,5-8,14H2,(H,15,16). The lowest BCUT2D eigenvalue weighted by molar-refractivity contribution is -0.139. The normalized spacial score (nSPS) is 23.8. The molecule has 16 heavy (non-hydrogen) atoms. The van der Waals surface area contributed by atoms with Crippen molar-refractivity contribution in [2.24, 2.45) is 5.73 Å². The summed E-state index contributed by atoms with van der Waals surface area (Å²) in [5, 5.41) is 9.18. The van der Waals surface area contributed by atoms with E-state index in [1.807, 2.05) is 24.3 Å². The molecule has 1 aromatic carbocycles. The number of rotatable bonds is 3. The van der Waals surface area contributed by atoms with Gasteiger partial charge in [0.15, 0.2) is 0 Å². The molecule has 1 aromatic rings. The minimum atomic E-state index is -0.710. The Morgan fingerprint density at radius 1 is 1.31 bits per heavy atom. The topological polar surface area (TPSA) is 63.3 Å². The van der Waals surface area contributed by atoms with Crippen molar-refractivity contribution in [1.29, 1.82) is 0 Å². The largest absolute Gasteiger partial charge is 0.481 e. The van der Waals surface area contributed by atoms with Gasteiger partial charge in [0.25, 0.3) is 0 Å². The van der Waals surface area contributed by atoms with Crippen LogP contribution in [0, 0.1) is 0 Å². The third kappa shape index (κ3) is 1.95. The van der Waals surface area contributed by atoms with E-state index in [4.69, 9.17) is 5.73 Å². The molecule has 0 saturated carbocycles. The Morgan fingerprint density at radius 3 is 2.62 bits per heavy atom. The molecule has 1 aliphatic rings. The average Bonchev–Trinajstić information content (AvgIpc) is 2.29. The molecule has 3 N–H and O–H groups in total. The van der Waals surface area contributed by atoms with Gasteiger partial charge in [0.2, 0.25) is 0 Å². The first-order chi connectivity index (χ1) is 7.74. The predicted octanol–water partition coefficient (Wildman–Crippen LogP) is 2.08. The summed E-state index contributed by atoms with van der Waals surface area (Å²) < 4.78 is 0. The van der Waals surface area contributed by atoms with E-state index < -0.39 is 5.97 Å². The van der Waals surface area contributed by atoms with Gasteiger partial charge in [-0.2, -0.15) is 0 Å². The first kappa shape index (κ1) is 11.1. The van der Waals surface area contributed by atoms with E-state index in [0.29, 0.717) is 12.5 Å². The molecule has 0 fully saturated rings. The second-order valence-electron chi connectivity index (χ2n) is 4.37. The fourth-order valence-corrected chi connectivity index (χ4v) is 2.64. The van der Waals surface area contributed by atoms with Crippen LogP contribution in [0.2, 0.25) is 0 Å². The van der Waals surface area contributed by atoms with E-state index in [1.54, 1.807) is 0 Å². The summed E-state index contributed by atoms with van der Waals surface area (Å²) in [6.45, 7) is 0.663. The van der Waals surface area contributed by atoms with E-state index in [9.17, 15) is 9.90 Å². The predicted molar refractivity (Wildman–Crippen MR) is 62.5 cm³/mol. The zero-order valence-corrected chi connectivity index (χ0v) is 9.23. The fourth-order valence-electron chi connectivity index (χ4n) is 2.64. The molecule has 0 aliphatic heterocycles. The minimum Gasteiger partial charge on any atom is -0.481 e. The van der Waals surface area contributed by atoms with Crippen LogP contribution in [-0.4, -0.2) is 17.6 Å².